The third-order valence-electron chi connectivity index (χ3n) is 2.71. The molecule has 112 valence electrons. The molecule has 1 aromatic carbocycles. The van der Waals surface area contributed by atoms with Gasteiger partial charge in [0.2, 0.25) is 0 Å². The lowest BCUT2D eigenvalue weighted by Crippen LogP contribution is -2.30. The summed E-state index contributed by atoms with van der Waals surface area (Å²) >= 11 is 5.69. The van der Waals surface area contributed by atoms with E-state index in [0.29, 0.717) is 5.56 Å². The number of pyridine rings is 1. The Morgan fingerprint density at radius 1 is 1.19 bits per heavy atom. The van der Waals surface area contributed by atoms with Crippen molar-refractivity contribution in [2.24, 2.45) is 5.84 Å². The van der Waals surface area contributed by atoms with Gasteiger partial charge >= 0.3 is 6.36 Å². The number of rotatable bonds is 4. The van der Waals surface area contributed by atoms with Crippen molar-refractivity contribution in [3.8, 4) is 5.75 Å². The van der Waals surface area contributed by atoms with E-state index in [1.54, 1.807) is 12.1 Å². The van der Waals surface area contributed by atoms with E-state index >= 15 is 0 Å². The summed E-state index contributed by atoms with van der Waals surface area (Å²) < 4.78 is 41.3. The molecule has 0 saturated heterocycles. The van der Waals surface area contributed by atoms with Crippen molar-refractivity contribution in [1.29, 1.82) is 0 Å². The Balaban J connectivity index is 2.40. The Morgan fingerprint density at radius 3 is 2.48 bits per heavy atom. The molecule has 4 nitrogen and oxygen atoms in total. The molecule has 2 rings (SSSR count). The van der Waals surface area contributed by atoms with Gasteiger partial charge in [0.1, 0.15) is 10.9 Å². The molecule has 1 atom stereocenters. The summed E-state index contributed by atoms with van der Waals surface area (Å²) in [6.07, 6.45) is -3.36. The van der Waals surface area contributed by atoms with Gasteiger partial charge in [-0.2, -0.15) is 0 Å². The van der Waals surface area contributed by atoms with E-state index in [1.165, 1.54) is 30.5 Å². The largest absolute Gasteiger partial charge is 0.573 e. The monoisotopic (exact) mass is 317 g/mol. The van der Waals surface area contributed by atoms with Crippen molar-refractivity contribution in [1.82, 2.24) is 10.4 Å². The number of nitrogens with one attached hydrogen (secondary N) is 1. The lowest BCUT2D eigenvalue weighted by Gasteiger charge is -2.20. The van der Waals surface area contributed by atoms with Crippen LogP contribution in [0.4, 0.5) is 13.2 Å². The van der Waals surface area contributed by atoms with Gasteiger partial charge in [0.25, 0.3) is 0 Å². The summed E-state index contributed by atoms with van der Waals surface area (Å²) in [5.74, 6) is 5.13. The third-order valence-corrected chi connectivity index (χ3v) is 2.93. The number of hydrogen-bond donors (Lipinski definition) is 2. The van der Waals surface area contributed by atoms with Gasteiger partial charge in [-0.3, -0.25) is 5.84 Å². The van der Waals surface area contributed by atoms with E-state index in [9.17, 15) is 13.2 Å². The van der Waals surface area contributed by atoms with Crippen molar-refractivity contribution in [2.45, 2.75) is 12.4 Å². The van der Waals surface area contributed by atoms with Crippen LogP contribution in [-0.2, 0) is 0 Å². The number of aromatic nitrogens is 1. The molecular formula is C13H11ClF3N3O. The Labute approximate surface area is 123 Å². The summed E-state index contributed by atoms with van der Waals surface area (Å²) in [5, 5.41) is 0.273. The molecule has 8 heteroatoms. The van der Waals surface area contributed by atoms with Crippen LogP contribution in [0.2, 0.25) is 5.15 Å². The molecule has 2 aromatic rings. The molecule has 0 amide bonds. The molecule has 3 N–H and O–H groups in total. The van der Waals surface area contributed by atoms with Crippen LogP contribution in [0, 0.1) is 0 Å². The van der Waals surface area contributed by atoms with E-state index in [-0.39, 0.29) is 16.5 Å². The molecule has 0 spiro atoms. The number of ether oxygens (including phenoxy) is 1. The fourth-order valence-electron chi connectivity index (χ4n) is 1.86. The van der Waals surface area contributed by atoms with Crippen LogP contribution in [0.25, 0.3) is 0 Å². The molecule has 1 aromatic heterocycles. The maximum Gasteiger partial charge on any atom is 0.573 e. The maximum absolute atomic E-state index is 12.4. The highest BCUT2D eigenvalue weighted by molar-refractivity contribution is 6.29. The Kier molecular flexibility index (Phi) is 4.66. The van der Waals surface area contributed by atoms with E-state index in [4.69, 9.17) is 17.4 Å². The second-order valence-electron chi connectivity index (χ2n) is 4.10. The van der Waals surface area contributed by atoms with Crippen LogP contribution >= 0.6 is 11.6 Å². The summed E-state index contributed by atoms with van der Waals surface area (Å²) in [5.41, 5.74) is 3.24. The Bertz CT molecular complexity index is 604. The standard InChI is InChI=1S/C13H11ClF3N3O/c14-11-6-5-8(7-19-11)12(20-18)9-3-1-2-4-10(9)21-13(15,16)17/h1-7,12,20H,18H2. The second-order valence-corrected chi connectivity index (χ2v) is 4.49. The van der Waals surface area contributed by atoms with Gasteiger partial charge in [-0.05, 0) is 17.7 Å². The van der Waals surface area contributed by atoms with Gasteiger partial charge in [-0.15, -0.1) is 13.2 Å². The lowest BCUT2D eigenvalue weighted by atomic mass is 10.00. The normalized spacial score (nSPS) is 13.0. The number of para-hydroxylation sites is 1. The highest BCUT2D eigenvalue weighted by atomic mass is 35.5. The van der Waals surface area contributed by atoms with Crippen molar-refractivity contribution in [3.63, 3.8) is 0 Å². The fourth-order valence-corrected chi connectivity index (χ4v) is 1.97. The average Bonchev–Trinajstić information content (AvgIpc) is 2.42. The highest BCUT2D eigenvalue weighted by Crippen LogP contribution is 2.33. The molecule has 1 heterocycles. The van der Waals surface area contributed by atoms with Gasteiger partial charge in [0.05, 0.1) is 6.04 Å². The highest BCUT2D eigenvalue weighted by Gasteiger charge is 2.33. The zero-order valence-corrected chi connectivity index (χ0v) is 11.3. The average molecular weight is 318 g/mol. The Hall–Kier alpha value is -1.83. The molecule has 21 heavy (non-hydrogen) atoms. The van der Waals surface area contributed by atoms with Gasteiger partial charge in [0.15, 0.2) is 0 Å². The number of halogens is 4. The summed E-state index contributed by atoms with van der Waals surface area (Å²) in [6, 6.07) is 8.16. The number of hydrogen-bond acceptors (Lipinski definition) is 4. The minimum Gasteiger partial charge on any atom is -0.405 e. The molecule has 0 aliphatic heterocycles. The van der Waals surface area contributed by atoms with Crippen LogP contribution in [0.1, 0.15) is 17.2 Å². The summed E-state index contributed by atoms with van der Waals surface area (Å²) in [4.78, 5) is 3.88. The minimum absolute atomic E-state index is 0.237. The smallest absolute Gasteiger partial charge is 0.405 e. The van der Waals surface area contributed by atoms with E-state index in [0.717, 1.165) is 0 Å². The lowest BCUT2D eigenvalue weighted by molar-refractivity contribution is -0.275. The zero-order chi connectivity index (χ0) is 15.5. The van der Waals surface area contributed by atoms with E-state index in [1.807, 2.05) is 0 Å². The third kappa shape index (κ3) is 4.07. The molecular weight excluding hydrogens is 307 g/mol. The summed E-state index contributed by atoms with van der Waals surface area (Å²) in [7, 11) is 0. The number of hydrazine groups is 1. The molecule has 0 radical (unpaired) electrons. The van der Waals surface area contributed by atoms with Gasteiger partial charge < -0.3 is 4.74 Å². The molecule has 1 unspecified atom stereocenters. The van der Waals surface area contributed by atoms with Gasteiger partial charge in [-0.25, -0.2) is 10.4 Å². The first kappa shape index (κ1) is 15.6. The molecule has 0 saturated carbocycles. The van der Waals surface area contributed by atoms with Crippen LogP contribution in [-0.4, -0.2) is 11.3 Å². The number of benzene rings is 1. The molecule has 0 fully saturated rings. The number of alkyl halides is 3. The first-order valence-electron chi connectivity index (χ1n) is 5.83. The van der Waals surface area contributed by atoms with Crippen molar-refractivity contribution >= 4 is 11.6 Å². The number of nitrogens with zero attached hydrogens (tertiary/aromatic N) is 1. The quantitative estimate of drug-likeness (QED) is 0.516. The van der Waals surface area contributed by atoms with Crippen molar-refractivity contribution in [3.05, 3.63) is 58.9 Å². The predicted molar refractivity (Wildman–Crippen MR) is 71.5 cm³/mol. The molecule has 0 bridgehead atoms. The first-order chi connectivity index (χ1) is 9.90. The first-order valence-corrected chi connectivity index (χ1v) is 6.21. The van der Waals surface area contributed by atoms with Crippen molar-refractivity contribution < 1.29 is 17.9 Å². The molecule has 0 aliphatic carbocycles. The number of nitrogens with two attached hydrogens (primary N) is 1. The SMILES string of the molecule is NNC(c1ccc(Cl)nc1)c1ccccc1OC(F)(F)F. The maximum atomic E-state index is 12.4. The fraction of sp³-hybridized carbons (Fsp3) is 0.154. The van der Waals surface area contributed by atoms with Crippen molar-refractivity contribution in [2.75, 3.05) is 0 Å². The Morgan fingerprint density at radius 2 is 1.90 bits per heavy atom. The van der Waals surface area contributed by atoms with E-state index < -0.39 is 12.4 Å². The van der Waals surface area contributed by atoms with Crippen LogP contribution in [0.15, 0.2) is 42.6 Å². The van der Waals surface area contributed by atoms with E-state index in [2.05, 4.69) is 15.1 Å². The zero-order valence-electron chi connectivity index (χ0n) is 10.6. The predicted octanol–water partition coefficient (Wildman–Crippen LogP) is 3.19. The second kappa shape index (κ2) is 6.30. The minimum atomic E-state index is -4.78. The van der Waals surface area contributed by atoms with Crippen LogP contribution in [0.5, 0.6) is 5.75 Å². The van der Waals surface area contributed by atoms with Crippen LogP contribution in [0.3, 0.4) is 0 Å². The van der Waals surface area contributed by atoms with Gasteiger partial charge in [-0.1, -0.05) is 35.9 Å². The summed E-state index contributed by atoms with van der Waals surface area (Å²) in [6.45, 7) is 0. The molecule has 0 aliphatic rings. The topological polar surface area (TPSA) is 60.2 Å². The van der Waals surface area contributed by atoms with Gasteiger partial charge in [0, 0.05) is 11.8 Å². The van der Waals surface area contributed by atoms with Crippen LogP contribution < -0.4 is 16.0 Å².